The van der Waals surface area contributed by atoms with Crippen molar-refractivity contribution in [3.8, 4) is 0 Å². The van der Waals surface area contributed by atoms with Crippen LogP contribution in [0.15, 0.2) is 0 Å². The summed E-state index contributed by atoms with van der Waals surface area (Å²) in [6.45, 7) is 9.59. The second-order valence-corrected chi connectivity index (χ2v) is 8.11. The minimum absolute atomic E-state index is 0.299. The second-order valence-electron chi connectivity index (χ2n) is 8.11. The molecule has 2 N–H and O–H groups in total. The molecule has 1 aliphatic carbocycles. The van der Waals surface area contributed by atoms with Gasteiger partial charge in [-0.15, -0.1) is 0 Å². The first kappa shape index (κ1) is 15.8. The molecule has 122 valence electrons. The van der Waals surface area contributed by atoms with Crippen LogP contribution in [0.5, 0.6) is 0 Å². The highest BCUT2D eigenvalue weighted by Gasteiger charge is 2.44. The third-order valence-electron chi connectivity index (χ3n) is 6.62. The van der Waals surface area contributed by atoms with Crippen LogP contribution < -0.4 is 5.73 Å². The maximum atomic E-state index is 6.36. The van der Waals surface area contributed by atoms with E-state index in [2.05, 4.69) is 23.6 Å². The third kappa shape index (κ3) is 3.16. The van der Waals surface area contributed by atoms with Crippen molar-refractivity contribution in [1.82, 2.24) is 9.80 Å². The SMILES string of the molecule is CC1CCCC(CN)(N2CC3CCCCN3CC2C)CC1. The Labute approximate surface area is 131 Å². The molecular weight excluding hydrogens is 258 g/mol. The van der Waals surface area contributed by atoms with Crippen LogP contribution in [-0.4, -0.2) is 53.6 Å². The Morgan fingerprint density at radius 2 is 1.86 bits per heavy atom. The van der Waals surface area contributed by atoms with E-state index < -0.39 is 0 Å². The number of hydrogen-bond acceptors (Lipinski definition) is 3. The Hall–Kier alpha value is -0.120. The van der Waals surface area contributed by atoms with Gasteiger partial charge in [-0.1, -0.05) is 26.2 Å². The van der Waals surface area contributed by atoms with Gasteiger partial charge in [0.25, 0.3) is 0 Å². The average molecular weight is 293 g/mol. The maximum absolute atomic E-state index is 6.36. The van der Waals surface area contributed by atoms with Crippen LogP contribution >= 0.6 is 0 Å². The molecule has 0 aromatic heterocycles. The molecule has 21 heavy (non-hydrogen) atoms. The van der Waals surface area contributed by atoms with E-state index in [-0.39, 0.29) is 0 Å². The monoisotopic (exact) mass is 293 g/mol. The van der Waals surface area contributed by atoms with Crippen LogP contribution in [0, 0.1) is 5.92 Å². The van der Waals surface area contributed by atoms with E-state index in [4.69, 9.17) is 5.73 Å². The van der Waals surface area contributed by atoms with Crippen LogP contribution in [-0.2, 0) is 0 Å². The summed E-state index contributed by atoms with van der Waals surface area (Å²) < 4.78 is 0. The molecule has 0 amide bonds. The Bertz CT molecular complexity index is 345. The quantitative estimate of drug-likeness (QED) is 0.795. The molecule has 3 aliphatic rings. The predicted octanol–water partition coefficient (Wildman–Crippen LogP) is 2.84. The number of piperidine rings is 1. The van der Waals surface area contributed by atoms with Crippen molar-refractivity contribution in [2.45, 2.75) is 82.8 Å². The molecule has 1 saturated carbocycles. The lowest BCUT2D eigenvalue weighted by atomic mass is 9.84. The molecule has 2 saturated heterocycles. The highest BCUT2D eigenvalue weighted by Crippen LogP contribution is 2.38. The lowest BCUT2D eigenvalue weighted by molar-refractivity contribution is -0.0511. The van der Waals surface area contributed by atoms with E-state index >= 15 is 0 Å². The minimum Gasteiger partial charge on any atom is -0.329 e. The third-order valence-corrected chi connectivity index (χ3v) is 6.62. The van der Waals surface area contributed by atoms with Crippen molar-refractivity contribution in [2.75, 3.05) is 26.2 Å². The molecule has 4 atom stereocenters. The fourth-order valence-electron chi connectivity index (χ4n) is 5.19. The van der Waals surface area contributed by atoms with Crippen molar-refractivity contribution in [2.24, 2.45) is 11.7 Å². The first-order valence-corrected chi connectivity index (χ1v) is 9.35. The molecule has 3 heteroatoms. The molecule has 0 bridgehead atoms. The molecule has 2 heterocycles. The Morgan fingerprint density at radius 1 is 1.00 bits per heavy atom. The molecule has 3 fully saturated rings. The number of fused-ring (bicyclic) bond motifs is 1. The zero-order valence-electron chi connectivity index (χ0n) is 14.2. The summed E-state index contributed by atoms with van der Waals surface area (Å²) in [5.74, 6) is 0.893. The van der Waals surface area contributed by atoms with Crippen molar-refractivity contribution in [1.29, 1.82) is 0 Å². The molecule has 3 nitrogen and oxygen atoms in total. The lowest BCUT2D eigenvalue weighted by Crippen LogP contribution is -2.67. The topological polar surface area (TPSA) is 32.5 Å². The molecule has 0 aromatic carbocycles. The van der Waals surface area contributed by atoms with E-state index in [1.165, 1.54) is 71.0 Å². The minimum atomic E-state index is 0.299. The Morgan fingerprint density at radius 3 is 2.67 bits per heavy atom. The maximum Gasteiger partial charge on any atom is 0.0335 e. The van der Waals surface area contributed by atoms with Crippen molar-refractivity contribution >= 4 is 0 Å². The number of piperazine rings is 1. The summed E-state index contributed by atoms with van der Waals surface area (Å²) >= 11 is 0. The van der Waals surface area contributed by atoms with Gasteiger partial charge >= 0.3 is 0 Å². The van der Waals surface area contributed by atoms with Gasteiger partial charge in [-0.2, -0.15) is 0 Å². The van der Waals surface area contributed by atoms with E-state index in [9.17, 15) is 0 Å². The van der Waals surface area contributed by atoms with Gasteiger partial charge in [0.1, 0.15) is 0 Å². The largest absolute Gasteiger partial charge is 0.329 e. The first-order valence-electron chi connectivity index (χ1n) is 9.35. The number of nitrogens with two attached hydrogens (primary N) is 1. The van der Waals surface area contributed by atoms with Crippen LogP contribution in [0.4, 0.5) is 0 Å². The van der Waals surface area contributed by atoms with E-state index in [0.717, 1.165) is 18.5 Å². The Balaban J connectivity index is 1.75. The van der Waals surface area contributed by atoms with Gasteiger partial charge in [0.05, 0.1) is 0 Å². The summed E-state index contributed by atoms with van der Waals surface area (Å²) in [5.41, 5.74) is 6.66. The van der Waals surface area contributed by atoms with E-state index in [1.807, 2.05) is 0 Å². The van der Waals surface area contributed by atoms with Crippen LogP contribution in [0.1, 0.15) is 65.2 Å². The number of hydrogen-bond donors (Lipinski definition) is 1. The Kier molecular flexibility index (Phi) is 4.92. The number of nitrogens with zero attached hydrogens (tertiary/aromatic N) is 2. The second kappa shape index (κ2) is 6.55. The smallest absolute Gasteiger partial charge is 0.0335 e. The molecule has 3 rings (SSSR count). The van der Waals surface area contributed by atoms with Crippen LogP contribution in [0.25, 0.3) is 0 Å². The van der Waals surface area contributed by atoms with Gasteiger partial charge in [0, 0.05) is 37.3 Å². The predicted molar refractivity (Wildman–Crippen MR) is 89.4 cm³/mol. The zero-order chi connectivity index (χ0) is 14.9. The molecule has 0 radical (unpaired) electrons. The summed E-state index contributed by atoms with van der Waals surface area (Å²) in [6, 6.07) is 1.48. The van der Waals surface area contributed by atoms with E-state index in [1.54, 1.807) is 0 Å². The summed E-state index contributed by atoms with van der Waals surface area (Å²) in [6.07, 6.45) is 11.0. The molecule has 0 spiro atoms. The van der Waals surface area contributed by atoms with Crippen molar-refractivity contribution in [3.05, 3.63) is 0 Å². The van der Waals surface area contributed by atoms with Gasteiger partial charge in [-0.05, 0) is 51.5 Å². The van der Waals surface area contributed by atoms with Gasteiger partial charge < -0.3 is 5.73 Å². The van der Waals surface area contributed by atoms with Gasteiger partial charge in [0.15, 0.2) is 0 Å². The summed E-state index contributed by atoms with van der Waals surface area (Å²) in [4.78, 5) is 5.60. The summed E-state index contributed by atoms with van der Waals surface area (Å²) in [7, 11) is 0. The van der Waals surface area contributed by atoms with E-state index in [0.29, 0.717) is 11.6 Å². The average Bonchev–Trinajstić information content (AvgIpc) is 2.69. The standard InChI is InChI=1S/C18H35N3/c1-15-6-5-9-18(14-19,10-8-15)21-13-17-7-3-4-11-20(17)12-16(21)2/h15-17H,3-14,19H2,1-2H3. The molecule has 0 aromatic rings. The fourth-order valence-corrected chi connectivity index (χ4v) is 5.19. The normalized spacial score (nSPS) is 43.3. The lowest BCUT2D eigenvalue weighted by Gasteiger charge is -2.55. The highest BCUT2D eigenvalue weighted by atomic mass is 15.3. The van der Waals surface area contributed by atoms with Gasteiger partial charge in [0.2, 0.25) is 0 Å². The molecule has 2 aliphatic heterocycles. The summed E-state index contributed by atoms with van der Waals surface area (Å²) in [5, 5.41) is 0. The van der Waals surface area contributed by atoms with Crippen molar-refractivity contribution < 1.29 is 0 Å². The molecular formula is C18H35N3. The zero-order valence-corrected chi connectivity index (χ0v) is 14.2. The first-order chi connectivity index (χ1) is 10.1. The van der Waals surface area contributed by atoms with Crippen LogP contribution in [0.2, 0.25) is 0 Å². The van der Waals surface area contributed by atoms with Gasteiger partial charge in [-0.25, -0.2) is 0 Å². The highest BCUT2D eigenvalue weighted by molar-refractivity contribution is 5.01. The fraction of sp³-hybridized carbons (Fsp3) is 1.00. The van der Waals surface area contributed by atoms with Crippen LogP contribution in [0.3, 0.4) is 0 Å². The van der Waals surface area contributed by atoms with Gasteiger partial charge in [-0.3, -0.25) is 9.80 Å². The molecule has 4 unspecified atom stereocenters. The number of rotatable bonds is 2. The van der Waals surface area contributed by atoms with Crippen molar-refractivity contribution in [3.63, 3.8) is 0 Å².